The lowest BCUT2D eigenvalue weighted by Gasteiger charge is -2.40. The molecule has 0 aliphatic carbocycles. The summed E-state index contributed by atoms with van der Waals surface area (Å²) >= 11 is 0. The van der Waals surface area contributed by atoms with Crippen LogP contribution in [0.3, 0.4) is 0 Å². The first-order chi connectivity index (χ1) is 8.11. The first-order valence-corrected chi connectivity index (χ1v) is 6.30. The van der Waals surface area contributed by atoms with Crippen molar-refractivity contribution in [3.8, 4) is 0 Å². The number of benzene rings is 1. The Bertz CT molecular complexity index is 392. The molecule has 1 aliphatic rings. The molecule has 2 rings (SSSR count). The minimum atomic E-state index is 0.187. The lowest BCUT2D eigenvalue weighted by Crippen LogP contribution is -2.57. The average molecular weight is 234 g/mol. The Hall–Kier alpha value is -1.06. The Kier molecular flexibility index (Phi) is 3.69. The van der Waals surface area contributed by atoms with E-state index in [1.54, 1.807) is 0 Å². The van der Waals surface area contributed by atoms with Crippen molar-refractivity contribution in [2.75, 3.05) is 24.6 Å². The second kappa shape index (κ2) is 5.07. The number of nitrogens with zero attached hydrogens (tertiary/aromatic N) is 1. The van der Waals surface area contributed by atoms with E-state index in [1.165, 1.54) is 16.8 Å². The van der Waals surface area contributed by atoms with E-state index in [4.69, 9.17) is 0 Å². The van der Waals surface area contributed by atoms with E-state index in [1.807, 2.05) is 0 Å². The van der Waals surface area contributed by atoms with Crippen LogP contribution in [0.2, 0.25) is 0 Å². The van der Waals surface area contributed by atoms with Gasteiger partial charge in [-0.2, -0.15) is 0 Å². The molecule has 2 N–H and O–H groups in total. The fourth-order valence-corrected chi connectivity index (χ4v) is 2.52. The molecule has 0 bridgehead atoms. The van der Waals surface area contributed by atoms with Gasteiger partial charge in [0, 0.05) is 30.9 Å². The molecule has 1 saturated heterocycles. The molecule has 0 amide bonds. The van der Waals surface area contributed by atoms with Gasteiger partial charge >= 0.3 is 0 Å². The second-order valence-electron chi connectivity index (χ2n) is 5.08. The molecule has 3 heteroatoms. The molecular formula is C14H22N2O. The number of aryl methyl sites for hydroxylation is 2. The maximum Gasteiger partial charge on any atom is 0.0601 e. The van der Waals surface area contributed by atoms with Crippen LogP contribution in [0.5, 0.6) is 0 Å². The van der Waals surface area contributed by atoms with E-state index in [-0.39, 0.29) is 12.6 Å². The Morgan fingerprint density at radius 1 is 1.41 bits per heavy atom. The normalized spacial score (nSPS) is 25.1. The van der Waals surface area contributed by atoms with Crippen LogP contribution in [0.1, 0.15) is 18.1 Å². The predicted molar refractivity (Wildman–Crippen MR) is 71.6 cm³/mol. The molecule has 2 atom stereocenters. The summed E-state index contributed by atoms with van der Waals surface area (Å²) in [6.07, 6.45) is 0. The molecule has 1 heterocycles. The zero-order valence-electron chi connectivity index (χ0n) is 10.9. The third-order valence-electron chi connectivity index (χ3n) is 3.53. The van der Waals surface area contributed by atoms with Crippen LogP contribution < -0.4 is 10.2 Å². The van der Waals surface area contributed by atoms with Gasteiger partial charge in [0.15, 0.2) is 0 Å². The highest BCUT2D eigenvalue weighted by atomic mass is 16.3. The van der Waals surface area contributed by atoms with Gasteiger partial charge in [0.1, 0.15) is 0 Å². The van der Waals surface area contributed by atoms with Crippen LogP contribution in [-0.2, 0) is 0 Å². The molecule has 94 valence electrons. The van der Waals surface area contributed by atoms with Crippen LogP contribution in [0.4, 0.5) is 5.69 Å². The van der Waals surface area contributed by atoms with Gasteiger partial charge in [0.05, 0.1) is 6.61 Å². The number of hydrogen-bond donors (Lipinski definition) is 2. The Morgan fingerprint density at radius 3 is 2.82 bits per heavy atom. The van der Waals surface area contributed by atoms with Crippen molar-refractivity contribution >= 4 is 5.69 Å². The number of rotatable bonds is 2. The molecule has 1 fully saturated rings. The van der Waals surface area contributed by atoms with E-state index in [2.05, 4.69) is 49.2 Å². The third-order valence-corrected chi connectivity index (χ3v) is 3.53. The maximum atomic E-state index is 9.27. The number of piperazine rings is 1. The van der Waals surface area contributed by atoms with E-state index in [0.717, 1.165) is 13.1 Å². The van der Waals surface area contributed by atoms with E-state index in [9.17, 15) is 5.11 Å². The molecule has 1 aromatic rings. The standard InChI is InChI=1S/C14H22N2O/c1-10-4-5-14(11(2)6-10)16-8-13(9-17)15-7-12(16)3/h4-6,12-13,15,17H,7-9H2,1-3H3. The molecular weight excluding hydrogens is 212 g/mol. The van der Waals surface area contributed by atoms with E-state index in [0.29, 0.717) is 6.04 Å². The van der Waals surface area contributed by atoms with Crippen LogP contribution in [0, 0.1) is 13.8 Å². The van der Waals surface area contributed by atoms with Crippen LogP contribution in [0.25, 0.3) is 0 Å². The second-order valence-corrected chi connectivity index (χ2v) is 5.08. The number of hydrogen-bond acceptors (Lipinski definition) is 3. The molecule has 0 radical (unpaired) electrons. The summed E-state index contributed by atoms with van der Waals surface area (Å²) in [5.41, 5.74) is 3.91. The quantitative estimate of drug-likeness (QED) is 0.813. The number of nitrogens with one attached hydrogen (secondary N) is 1. The molecule has 1 aromatic carbocycles. The maximum absolute atomic E-state index is 9.27. The van der Waals surface area contributed by atoms with E-state index >= 15 is 0 Å². The fourth-order valence-electron chi connectivity index (χ4n) is 2.52. The van der Waals surface area contributed by atoms with Gasteiger partial charge in [-0.25, -0.2) is 0 Å². The van der Waals surface area contributed by atoms with Gasteiger partial charge in [-0.1, -0.05) is 17.7 Å². The van der Waals surface area contributed by atoms with Crippen molar-refractivity contribution in [2.24, 2.45) is 0 Å². The third kappa shape index (κ3) is 2.61. The topological polar surface area (TPSA) is 35.5 Å². The predicted octanol–water partition coefficient (Wildman–Crippen LogP) is 1.46. The molecule has 3 nitrogen and oxygen atoms in total. The fraction of sp³-hybridized carbons (Fsp3) is 0.571. The first kappa shape index (κ1) is 12.4. The Labute approximate surface area is 103 Å². The zero-order valence-corrected chi connectivity index (χ0v) is 10.9. The molecule has 0 aromatic heterocycles. The summed E-state index contributed by atoms with van der Waals surface area (Å²) < 4.78 is 0. The smallest absolute Gasteiger partial charge is 0.0601 e. The number of aliphatic hydroxyl groups is 1. The largest absolute Gasteiger partial charge is 0.395 e. The van der Waals surface area contributed by atoms with Crippen molar-refractivity contribution < 1.29 is 5.11 Å². The molecule has 17 heavy (non-hydrogen) atoms. The first-order valence-electron chi connectivity index (χ1n) is 6.30. The van der Waals surface area contributed by atoms with Crippen molar-refractivity contribution in [3.05, 3.63) is 29.3 Å². The van der Waals surface area contributed by atoms with Crippen LogP contribution >= 0.6 is 0 Å². The van der Waals surface area contributed by atoms with Gasteiger partial charge < -0.3 is 15.3 Å². The van der Waals surface area contributed by atoms with Crippen LogP contribution in [-0.4, -0.2) is 36.9 Å². The van der Waals surface area contributed by atoms with Gasteiger partial charge in [0.25, 0.3) is 0 Å². The van der Waals surface area contributed by atoms with Crippen molar-refractivity contribution in [1.82, 2.24) is 5.32 Å². The highest BCUT2D eigenvalue weighted by Crippen LogP contribution is 2.24. The summed E-state index contributed by atoms with van der Waals surface area (Å²) in [7, 11) is 0. The van der Waals surface area contributed by atoms with Gasteiger partial charge in [-0.05, 0) is 32.4 Å². The van der Waals surface area contributed by atoms with Gasteiger partial charge in [-0.3, -0.25) is 0 Å². The minimum absolute atomic E-state index is 0.187. The van der Waals surface area contributed by atoms with Crippen molar-refractivity contribution in [2.45, 2.75) is 32.9 Å². The monoisotopic (exact) mass is 234 g/mol. The summed E-state index contributed by atoms with van der Waals surface area (Å²) in [6, 6.07) is 7.23. The molecule has 1 aliphatic heterocycles. The SMILES string of the molecule is Cc1ccc(N2CC(CO)NCC2C)c(C)c1. The summed E-state index contributed by atoms with van der Waals surface area (Å²) in [6.45, 7) is 8.51. The van der Waals surface area contributed by atoms with Crippen molar-refractivity contribution in [3.63, 3.8) is 0 Å². The molecule has 0 saturated carbocycles. The van der Waals surface area contributed by atoms with Gasteiger partial charge in [-0.15, -0.1) is 0 Å². The Morgan fingerprint density at radius 2 is 2.18 bits per heavy atom. The van der Waals surface area contributed by atoms with Crippen LogP contribution in [0.15, 0.2) is 18.2 Å². The molecule has 2 unspecified atom stereocenters. The Balaban J connectivity index is 2.24. The lowest BCUT2D eigenvalue weighted by molar-refractivity contribution is 0.227. The van der Waals surface area contributed by atoms with Crippen molar-refractivity contribution in [1.29, 1.82) is 0 Å². The number of aliphatic hydroxyl groups excluding tert-OH is 1. The summed E-state index contributed by atoms with van der Waals surface area (Å²) in [5.74, 6) is 0. The lowest BCUT2D eigenvalue weighted by atomic mass is 10.0. The minimum Gasteiger partial charge on any atom is -0.395 e. The number of anilines is 1. The molecule has 0 spiro atoms. The highest BCUT2D eigenvalue weighted by Gasteiger charge is 2.25. The van der Waals surface area contributed by atoms with Gasteiger partial charge in [0.2, 0.25) is 0 Å². The summed E-state index contributed by atoms with van der Waals surface area (Å²) in [5, 5.41) is 12.6. The van der Waals surface area contributed by atoms with E-state index < -0.39 is 0 Å². The zero-order chi connectivity index (χ0) is 12.4. The average Bonchev–Trinajstić information content (AvgIpc) is 2.30. The highest BCUT2D eigenvalue weighted by molar-refractivity contribution is 5.55. The summed E-state index contributed by atoms with van der Waals surface area (Å²) in [4.78, 5) is 2.40.